The van der Waals surface area contributed by atoms with E-state index in [0.29, 0.717) is 43.2 Å². The molecule has 1 aliphatic rings. The molecule has 3 heterocycles. The molecule has 0 bridgehead atoms. The van der Waals surface area contributed by atoms with E-state index in [1.807, 2.05) is 13.8 Å². The zero-order valence-electron chi connectivity index (χ0n) is 15.4. The number of carbonyl (C=O) groups excluding carboxylic acids is 2. The van der Waals surface area contributed by atoms with Crippen molar-refractivity contribution in [2.24, 2.45) is 10.4 Å². The lowest BCUT2D eigenvalue weighted by atomic mass is 9.70. The Morgan fingerprint density at radius 2 is 1.96 bits per heavy atom. The number of carbonyl (C=O) groups is 2. The first-order valence-electron chi connectivity index (χ1n) is 8.53. The normalized spacial score (nSPS) is 17.3. The van der Waals surface area contributed by atoms with E-state index in [1.165, 1.54) is 24.5 Å². The van der Waals surface area contributed by atoms with E-state index in [9.17, 15) is 9.59 Å². The molecular formula is C19H22N2O4S. The number of aliphatic imine (C=N–C) groups is 1. The zero-order valence-corrected chi connectivity index (χ0v) is 16.2. The molecule has 1 saturated heterocycles. The average molecular weight is 374 g/mol. The van der Waals surface area contributed by atoms with Gasteiger partial charge in [0.05, 0.1) is 22.2 Å². The molecule has 26 heavy (non-hydrogen) atoms. The van der Waals surface area contributed by atoms with Crippen molar-refractivity contribution >= 4 is 28.6 Å². The molecule has 0 N–H and O–H groups in total. The van der Waals surface area contributed by atoms with Crippen LogP contribution in [0, 0.1) is 19.3 Å². The summed E-state index contributed by atoms with van der Waals surface area (Å²) < 4.78 is 10.8. The molecule has 0 spiro atoms. The molecule has 0 atom stereocenters. The van der Waals surface area contributed by atoms with Crippen LogP contribution in [0.5, 0.6) is 0 Å². The van der Waals surface area contributed by atoms with Gasteiger partial charge >= 0.3 is 0 Å². The molecule has 2 aromatic rings. The average Bonchev–Trinajstić information content (AvgIpc) is 3.24. The highest BCUT2D eigenvalue weighted by Crippen LogP contribution is 2.39. The maximum absolute atomic E-state index is 13.4. The minimum absolute atomic E-state index is 0.0341. The van der Waals surface area contributed by atoms with Gasteiger partial charge in [0, 0.05) is 30.7 Å². The molecule has 6 nitrogen and oxygen atoms in total. The highest BCUT2D eigenvalue weighted by atomic mass is 32.1. The maximum Gasteiger partial charge on any atom is 0.236 e. The van der Waals surface area contributed by atoms with Crippen LogP contribution in [0.15, 0.2) is 21.9 Å². The molecule has 0 radical (unpaired) electrons. The number of ether oxygens (including phenoxy) is 1. The lowest BCUT2D eigenvalue weighted by molar-refractivity contribution is -0.126. The van der Waals surface area contributed by atoms with E-state index in [4.69, 9.17) is 9.15 Å². The van der Waals surface area contributed by atoms with E-state index in [0.717, 1.165) is 15.3 Å². The van der Waals surface area contributed by atoms with Gasteiger partial charge in [-0.05, 0) is 39.2 Å². The van der Waals surface area contributed by atoms with Crippen LogP contribution < -0.4 is 0 Å². The van der Waals surface area contributed by atoms with Crippen molar-refractivity contribution in [3.63, 3.8) is 0 Å². The van der Waals surface area contributed by atoms with Crippen molar-refractivity contribution in [1.29, 1.82) is 0 Å². The monoisotopic (exact) mass is 374 g/mol. The number of nitrogens with zero attached hydrogens (tertiary/aromatic N) is 2. The number of aromatic nitrogens is 1. The second-order valence-electron chi connectivity index (χ2n) is 6.48. The van der Waals surface area contributed by atoms with Gasteiger partial charge < -0.3 is 9.15 Å². The van der Waals surface area contributed by atoms with Gasteiger partial charge in [0.25, 0.3) is 0 Å². The lowest BCUT2D eigenvalue weighted by Crippen LogP contribution is -2.46. The Labute approximate surface area is 156 Å². The molecule has 138 valence electrons. The smallest absolute Gasteiger partial charge is 0.236 e. The summed E-state index contributed by atoms with van der Waals surface area (Å²) in [4.78, 5) is 36.1. The lowest BCUT2D eigenvalue weighted by Gasteiger charge is -2.35. The first-order chi connectivity index (χ1) is 12.4. The number of thiophene rings is 1. The fourth-order valence-corrected chi connectivity index (χ4v) is 4.75. The Hall–Kier alpha value is -2.12. The van der Waals surface area contributed by atoms with Gasteiger partial charge in [-0.15, -0.1) is 11.3 Å². The Kier molecular flexibility index (Phi) is 5.20. The number of hydrogen-bond donors (Lipinski definition) is 0. The molecule has 0 amide bonds. The number of rotatable bonds is 5. The van der Waals surface area contributed by atoms with Crippen molar-refractivity contribution < 1.29 is 18.7 Å². The fourth-order valence-electron chi connectivity index (χ4n) is 3.65. The molecule has 3 rings (SSSR count). The quantitative estimate of drug-likeness (QED) is 0.589. The number of hydrogen-bond acceptors (Lipinski definition) is 7. The van der Waals surface area contributed by atoms with Crippen molar-refractivity contribution in [1.82, 2.24) is 4.98 Å². The van der Waals surface area contributed by atoms with E-state index in [-0.39, 0.29) is 11.6 Å². The Morgan fingerprint density at radius 1 is 1.27 bits per heavy atom. The summed E-state index contributed by atoms with van der Waals surface area (Å²) in [6, 6.07) is 0. The molecule has 7 heteroatoms. The van der Waals surface area contributed by atoms with Crippen LogP contribution in [0.3, 0.4) is 0 Å². The second-order valence-corrected chi connectivity index (χ2v) is 7.70. The van der Waals surface area contributed by atoms with Crippen molar-refractivity contribution in [3.8, 4) is 10.8 Å². The van der Waals surface area contributed by atoms with Gasteiger partial charge in [0.15, 0.2) is 0 Å². The first kappa shape index (κ1) is 18.7. The second kappa shape index (κ2) is 7.25. The van der Waals surface area contributed by atoms with E-state index >= 15 is 0 Å². The van der Waals surface area contributed by atoms with Crippen LogP contribution >= 0.6 is 11.3 Å². The Morgan fingerprint density at radius 3 is 2.50 bits per heavy atom. The number of ketones is 2. The maximum atomic E-state index is 13.4. The topological polar surface area (TPSA) is 81.8 Å². The van der Waals surface area contributed by atoms with Crippen molar-refractivity contribution in [2.75, 3.05) is 20.3 Å². The fraction of sp³-hybridized carbons (Fsp3) is 0.474. The number of Topliss-reactive ketones (excluding diaryl/α,β-unsaturated/α-hetero) is 2. The number of oxazole rings is 1. The van der Waals surface area contributed by atoms with E-state index in [2.05, 4.69) is 9.98 Å². The predicted octanol–water partition coefficient (Wildman–Crippen LogP) is 3.66. The van der Waals surface area contributed by atoms with Gasteiger partial charge in [0.1, 0.15) is 12.0 Å². The SMILES string of the molecule is C/N=C(\C(=O)c1c(C)sc(-c2ncco2)c1C)C1(C(C)=O)CCOCC1. The highest BCUT2D eigenvalue weighted by molar-refractivity contribution is 7.16. The Balaban J connectivity index is 2.06. The molecule has 0 aromatic carbocycles. The van der Waals surface area contributed by atoms with Gasteiger partial charge in [-0.25, -0.2) is 4.98 Å². The summed E-state index contributed by atoms with van der Waals surface area (Å²) in [6.45, 7) is 6.22. The van der Waals surface area contributed by atoms with Crippen LogP contribution in [0.25, 0.3) is 10.8 Å². The number of aryl methyl sites for hydroxylation is 1. The minimum atomic E-state index is -0.867. The van der Waals surface area contributed by atoms with Crippen molar-refractivity contribution in [2.45, 2.75) is 33.6 Å². The van der Waals surface area contributed by atoms with Gasteiger partial charge in [0.2, 0.25) is 11.7 Å². The van der Waals surface area contributed by atoms with Gasteiger partial charge in [-0.2, -0.15) is 0 Å². The van der Waals surface area contributed by atoms with E-state index < -0.39 is 5.41 Å². The van der Waals surface area contributed by atoms with Crippen LogP contribution in [0.1, 0.15) is 40.6 Å². The summed E-state index contributed by atoms with van der Waals surface area (Å²) >= 11 is 1.47. The predicted molar refractivity (Wildman–Crippen MR) is 100 cm³/mol. The molecule has 1 aliphatic heterocycles. The third-order valence-corrected chi connectivity index (χ3v) is 6.28. The van der Waals surface area contributed by atoms with Crippen molar-refractivity contribution in [3.05, 3.63) is 28.5 Å². The molecule has 1 fully saturated rings. The molecule has 0 aliphatic carbocycles. The first-order valence-corrected chi connectivity index (χ1v) is 9.34. The van der Waals surface area contributed by atoms with Gasteiger partial charge in [-0.3, -0.25) is 14.6 Å². The standard InChI is InChI=1S/C19H22N2O4S/c1-11-14(12(2)26-16(11)18-21-7-10-25-18)15(23)17(20-4)19(13(3)22)5-8-24-9-6-19/h7,10H,5-6,8-9H2,1-4H3/b20-17+. The Bertz CT molecular complexity index is 858. The highest BCUT2D eigenvalue weighted by Gasteiger charge is 2.45. The van der Waals surface area contributed by atoms with Crippen LogP contribution in [0.4, 0.5) is 0 Å². The molecule has 0 unspecified atom stereocenters. The summed E-state index contributed by atoms with van der Waals surface area (Å²) in [5.41, 5.74) is 0.868. The third-order valence-electron chi connectivity index (χ3n) is 5.09. The van der Waals surface area contributed by atoms with Crippen LogP contribution in [0.2, 0.25) is 0 Å². The summed E-state index contributed by atoms with van der Waals surface area (Å²) in [5.74, 6) is 0.277. The molecule has 2 aromatic heterocycles. The summed E-state index contributed by atoms with van der Waals surface area (Å²) in [6.07, 6.45) is 4.05. The molecule has 0 saturated carbocycles. The van der Waals surface area contributed by atoms with E-state index in [1.54, 1.807) is 13.2 Å². The largest absolute Gasteiger partial charge is 0.444 e. The van der Waals surface area contributed by atoms with Gasteiger partial charge in [-0.1, -0.05) is 0 Å². The minimum Gasteiger partial charge on any atom is -0.444 e. The molecular weight excluding hydrogens is 352 g/mol. The summed E-state index contributed by atoms with van der Waals surface area (Å²) in [7, 11) is 1.58. The third kappa shape index (κ3) is 2.95. The summed E-state index contributed by atoms with van der Waals surface area (Å²) in [5, 5.41) is 0. The van der Waals surface area contributed by atoms with Crippen LogP contribution in [-0.2, 0) is 9.53 Å². The zero-order chi connectivity index (χ0) is 18.9. The van der Waals surface area contributed by atoms with Crippen LogP contribution in [-0.4, -0.2) is 42.5 Å².